The first-order chi connectivity index (χ1) is 7.05. The highest BCUT2D eigenvalue weighted by Crippen LogP contribution is 2.47. The van der Waals surface area contributed by atoms with Gasteiger partial charge in [-0.25, -0.2) is 4.39 Å². The zero-order chi connectivity index (χ0) is 11.1. The van der Waals surface area contributed by atoms with Gasteiger partial charge in [0.05, 0.1) is 5.41 Å². The Labute approximate surface area is 87.7 Å². The van der Waals surface area contributed by atoms with Gasteiger partial charge < -0.3 is 5.11 Å². The average Bonchev–Trinajstić information content (AvgIpc) is 3.00. The molecule has 2 rings (SSSR count). The van der Waals surface area contributed by atoms with Crippen LogP contribution in [-0.2, 0) is 10.2 Å². The van der Waals surface area contributed by atoms with Crippen LogP contribution in [0.25, 0.3) is 0 Å². The van der Waals surface area contributed by atoms with E-state index in [0.717, 1.165) is 12.8 Å². The Hall–Kier alpha value is -1.38. The van der Waals surface area contributed by atoms with Crippen molar-refractivity contribution in [1.29, 1.82) is 0 Å². The first-order valence-electron chi connectivity index (χ1n) is 5.04. The maximum Gasteiger partial charge on any atom is 0.314 e. The van der Waals surface area contributed by atoms with E-state index in [-0.39, 0.29) is 11.7 Å². The molecule has 1 atom stereocenters. The molecule has 1 N–H and O–H groups in total. The Balaban J connectivity index is 2.40. The predicted octanol–water partition coefficient (Wildman–Crippen LogP) is 2.58. The normalized spacial score (nSPS) is 19.6. The van der Waals surface area contributed by atoms with Crippen molar-refractivity contribution in [2.45, 2.75) is 25.2 Å². The maximum absolute atomic E-state index is 12.7. The average molecular weight is 208 g/mol. The third-order valence-electron chi connectivity index (χ3n) is 3.28. The standard InChI is InChI=1S/C12H13FO2/c1-12(11(14)15,8-2-3-8)9-4-6-10(13)7-5-9/h4-8H,2-3H2,1H3,(H,14,15). The van der Waals surface area contributed by atoms with E-state index >= 15 is 0 Å². The molecule has 1 unspecified atom stereocenters. The van der Waals surface area contributed by atoms with Crippen LogP contribution in [0.5, 0.6) is 0 Å². The predicted molar refractivity (Wildman–Crippen MR) is 54.1 cm³/mol. The first-order valence-corrected chi connectivity index (χ1v) is 5.04. The molecule has 0 aliphatic heterocycles. The number of halogens is 1. The summed E-state index contributed by atoms with van der Waals surface area (Å²) in [5.74, 6) is -0.959. The minimum Gasteiger partial charge on any atom is -0.481 e. The molecule has 3 heteroatoms. The van der Waals surface area contributed by atoms with Crippen molar-refractivity contribution in [2.75, 3.05) is 0 Å². The molecule has 1 aromatic rings. The largest absolute Gasteiger partial charge is 0.481 e. The van der Waals surface area contributed by atoms with E-state index in [2.05, 4.69) is 0 Å². The molecule has 1 fully saturated rings. The summed E-state index contributed by atoms with van der Waals surface area (Å²) in [6.07, 6.45) is 1.89. The molecule has 1 aliphatic rings. The number of carboxylic acids is 1. The van der Waals surface area contributed by atoms with Crippen LogP contribution in [0.3, 0.4) is 0 Å². The molecule has 80 valence electrons. The number of hydrogen-bond donors (Lipinski definition) is 1. The minimum absolute atomic E-state index is 0.195. The third-order valence-corrected chi connectivity index (χ3v) is 3.28. The SMILES string of the molecule is CC(C(=O)O)(c1ccc(F)cc1)C1CC1. The number of aliphatic carboxylic acids is 1. The highest BCUT2D eigenvalue weighted by molar-refractivity contribution is 5.81. The van der Waals surface area contributed by atoms with E-state index < -0.39 is 11.4 Å². The highest BCUT2D eigenvalue weighted by Gasteiger charge is 2.48. The molecule has 15 heavy (non-hydrogen) atoms. The van der Waals surface area contributed by atoms with Crippen LogP contribution >= 0.6 is 0 Å². The third kappa shape index (κ3) is 1.62. The fraction of sp³-hybridized carbons (Fsp3) is 0.417. The molecule has 1 saturated carbocycles. The number of benzene rings is 1. The molecule has 0 aromatic heterocycles. The Kier molecular flexibility index (Phi) is 2.25. The maximum atomic E-state index is 12.7. The molecular formula is C12H13FO2. The van der Waals surface area contributed by atoms with Crippen molar-refractivity contribution >= 4 is 5.97 Å². The molecule has 1 aliphatic carbocycles. The van der Waals surface area contributed by atoms with Gasteiger partial charge in [0.15, 0.2) is 0 Å². The second-order valence-electron chi connectivity index (χ2n) is 4.29. The van der Waals surface area contributed by atoms with Crippen LogP contribution < -0.4 is 0 Å². The van der Waals surface area contributed by atoms with Crippen LogP contribution in [-0.4, -0.2) is 11.1 Å². The lowest BCUT2D eigenvalue weighted by atomic mass is 9.78. The fourth-order valence-corrected chi connectivity index (χ4v) is 1.99. The Morgan fingerprint density at radius 1 is 1.40 bits per heavy atom. The summed E-state index contributed by atoms with van der Waals surface area (Å²) in [7, 11) is 0. The van der Waals surface area contributed by atoms with Gasteiger partial charge in [0.25, 0.3) is 0 Å². The fourth-order valence-electron chi connectivity index (χ4n) is 1.99. The van der Waals surface area contributed by atoms with Crippen LogP contribution in [0, 0.1) is 11.7 Å². The lowest BCUT2D eigenvalue weighted by Crippen LogP contribution is -2.34. The van der Waals surface area contributed by atoms with Crippen LogP contribution in [0.4, 0.5) is 4.39 Å². The number of hydrogen-bond acceptors (Lipinski definition) is 1. The number of carbonyl (C=O) groups is 1. The smallest absolute Gasteiger partial charge is 0.314 e. The quantitative estimate of drug-likeness (QED) is 0.828. The van der Waals surface area contributed by atoms with Gasteiger partial charge in [-0.05, 0) is 43.4 Å². The van der Waals surface area contributed by atoms with E-state index in [1.165, 1.54) is 12.1 Å². The molecular weight excluding hydrogens is 195 g/mol. The Bertz CT molecular complexity index is 381. The lowest BCUT2D eigenvalue weighted by molar-refractivity contribution is -0.144. The van der Waals surface area contributed by atoms with Gasteiger partial charge in [-0.1, -0.05) is 12.1 Å². The minimum atomic E-state index is -0.853. The topological polar surface area (TPSA) is 37.3 Å². The summed E-state index contributed by atoms with van der Waals surface area (Å²) < 4.78 is 12.7. The molecule has 0 heterocycles. The van der Waals surface area contributed by atoms with Gasteiger partial charge in [-0.3, -0.25) is 4.79 Å². The van der Waals surface area contributed by atoms with Crippen molar-refractivity contribution in [3.05, 3.63) is 35.6 Å². The summed E-state index contributed by atoms with van der Waals surface area (Å²) in [5, 5.41) is 9.27. The number of rotatable bonds is 3. The lowest BCUT2D eigenvalue weighted by Gasteiger charge is -2.25. The van der Waals surface area contributed by atoms with Crippen molar-refractivity contribution in [3.8, 4) is 0 Å². The van der Waals surface area contributed by atoms with E-state index in [1.54, 1.807) is 19.1 Å². The van der Waals surface area contributed by atoms with E-state index in [4.69, 9.17) is 0 Å². The van der Waals surface area contributed by atoms with Gasteiger partial charge in [0.2, 0.25) is 0 Å². The van der Waals surface area contributed by atoms with Crippen LogP contribution in [0.15, 0.2) is 24.3 Å². The van der Waals surface area contributed by atoms with Crippen LogP contribution in [0.1, 0.15) is 25.3 Å². The molecule has 0 saturated heterocycles. The van der Waals surface area contributed by atoms with Crippen molar-refractivity contribution < 1.29 is 14.3 Å². The van der Waals surface area contributed by atoms with Gasteiger partial charge >= 0.3 is 5.97 Å². The van der Waals surface area contributed by atoms with Gasteiger partial charge in [-0.15, -0.1) is 0 Å². The first kappa shape index (κ1) is 10.1. The Morgan fingerprint density at radius 2 is 1.93 bits per heavy atom. The molecule has 1 aromatic carbocycles. The van der Waals surface area contributed by atoms with Gasteiger partial charge in [-0.2, -0.15) is 0 Å². The summed E-state index contributed by atoms with van der Waals surface area (Å²) >= 11 is 0. The van der Waals surface area contributed by atoms with Gasteiger partial charge in [0, 0.05) is 0 Å². The second kappa shape index (κ2) is 3.33. The monoisotopic (exact) mass is 208 g/mol. The van der Waals surface area contributed by atoms with E-state index in [0.29, 0.717) is 5.56 Å². The molecule has 0 spiro atoms. The van der Waals surface area contributed by atoms with Crippen molar-refractivity contribution in [2.24, 2.45) is 5.92 Å². The second-order valence-corrected chi connectivity index (χ2v) is 4.29. The highest BCUT2D eigenvalue weighted by atomic mass is 19.1. The zero-order valence-corrected chi connectivity index (χ0v) is 8.53. The summed E-state index contributed by atoms with van der Waals surface area (Å²) in [6.45, 7) is 1.72. The number of carboxylic acid groups (broad SMARTS) is 1. The molecule has 2 nitrogen and oxygen atoms in total. The van der Waals surface area contributed by atoms with Crippen molar-refractivity contribution in [1.82, 2.24) is 0 Å². The van der Waals surface area contributed by atoms with Crippen molar-refractivity contribution in [3.63, 3.8) is 0 Å². The summed E-state index contributed by atoms with van der Waals surface area (Å²) in [4.78, 5) is 11.3. The summed E-state index contributed by atoms with van der Waals surface area (Å²) in [5.41, 5.74) is -0.160. The van der Waals surface area contributed by atoms with Gasteiger partial charge in [0.1, 0.15) is 5.82 Å². The van der Waals surface area contributed by atoms with E-state index in [9.17, 15) is 14.3 Å². The molecule has 0 radical (unpaired) electrons. The van der Waals surface area contributed by atoms with E-state index in [1.807, 2.05) is 0 Å². The molecule has 0 amide bonds. The zero-order valence-electron chi connectivity index (χ0n) is 8.53. The molecule has 0 bridgehead atoms. The van der Waals surface area contributed by atoms with Crippen LogP contribution in [0.2, 0.25) is 0 Å². The summed E-state index contributed by atoms with van der Waals surface area (Å²) in [6, 6.07) is 5.78. The Morgan fingerprint density at radius 3 is 2.33 bits per heavy atom.